The normalized spacial score (nSPS) is 15.2. The number of benzene rings is 1. The van der Waals surface area contributed by atoms with Gasteiger partial charge in [0.25, 0.3) is 0 Å². The van der Waals surface area contributed by atoms with Gasteiger partial charge in [-0.05, 0) is 30.1 Å². The lowest BCUT2D eigenvalue weighted by molar-refractivity contribution is -0.134. The maximum atomic E-state index is 11.2. The lowest BCUT2D eigenvalue weighted by Gasteiger charge is -2.39. The zero-order valence-electron chi connectivity index (χ0n) is 17.4. The van der Waals surface area contributed by atoms with Crippen molar-refractivity contribution in [1.29, 1.82) is 0 Å². The molecule has 1 aromatic rings. The lowest BCUT2D eigenvalue weighted by Crippen LogP contribution is -2.44. The summed E-state index contributed by atoms with van der Waals surface area (Å²) in [5.74, 6) is -0.416. The first-order valence-electron chi connectivity index (χ1n) is 9.39. The van der Waals surface area contributed by atoms with E-state index in [1.54, 1.807) is 6.08 Å². The predicted molar refractivity (Wildman–Crippen MR) is 114 cm³/mol. The second-order valence-electron chi connectivity index (χ2n) is 8.24. The van der Waals surface area contributed by atoms with E-state index in [9.17, 15) is 9.90 Å². The van der Waals surface area contributed by atoms with Crippen molar-refractivity contribution < 1.29 is 19.1 Å². The molecule has 1 aromatic carbocycles. The maximum Gasteiger partial charge on any atom is 0.330 e. The molecular formula is C22H34O4Si. The van der Waals surface area contributed by atoms with E-state index >= 15 is 0 Å². The minimum Gasteiger partial charge on any atom is -0.466 e. The smallest absolute Gasteiger partial charge is 0.330 e. The summed E-state index contributed by atoms with van der Waals surface area (Å²) < 4.78 is 11.1. The average molecular weight is 391 g/mol. The molecule has 5 heteroatoms. The Bertz CT molecular complexity index is 629. The van der Waals surface area contributed by atoms with E-state index in [1.165, 1.54) is 13.2 Å². The van der Waals surface area contributed by atoms with Crippen LogP contribution in [0.15, 0.2) is 48.6 Å². The molecule has 0 heterocycles. The summed E-state index contributed by atoms with van der Waals surface area (Å²) in [6.45, 7) is 11.0. The van der Waals surface area contributed by atoms with E-state index in [2.05, 4.69) is 38.6 Å². The highest BCUT2D eigenvalue weighted by atomic mass is 28.4. The van der Waals surface area contributed by atoms with E-state index in [-0.39, 0.29) is 11.1 Å². The number of carbonyl (C=O) groups excluding carboxylic acids is 1. The highest BCUT2D eigenvalue weighted by molar-refractivity contribution is 6.74. The summed E-state index contributed by atoms with van der Waals surface area (Å²) in [6.07, 6.45) is 7.12. The first-order chi connectivity index (χ1) is 12.5. The van der Waals surface area contributed by atoms with Gasteiger partial charge < -0.3 is 14.3 Å². The van der Waals surface area contributed by atoms with Crippen LogP contribution < -0.4 is 0 Å². The molecule has 4 nitrogen and oxygen atoms in total. The van der Waals surface area contributed by atoms with Crippen LogP contribution in [0.5, 0.6) is 0 Å². The Labute approximate surface area is 165 Å². The summed E-state index contributed by atoms with van der Waals surface area (Å²) in [5, 5.41) is 10.5. The number of esters is 1. The van der Waals surface area contributed by atoms with Crippen LogP contribution in [0.2, 0.25) is 18.1 Å². The Kier molecular flexibility index (Phi) is 9.16. The number of methoxy groups -OCH3 is 1. The molecule has 2 atom stereocenters. The van der Waals surface area contributed by atoms with E-state index in [1.807, 2.05) is 42.5 Å². The Morgan fingerprint density at radius 2 is 1.85 bits per heavy atom. The highest BCUT2D eigenvalue weighted by Gasteiger charge is 2.39. The van der Waals surface area contributed by atoms with Gasteiger partial charge in [0.15, 0.2) is 8.32 Å². The van der Waals surface area contributed by atoms with E-state index in [4.69, 9.17) is 4.43 Å². The molecule has 0 saturated carbocycles. The summed E-state index contributed by atoms with van der Waals surface area (Å²) in [7, 11) is -0.649. The Hall–Kier alpha value is -1.69. The van der Waals surface area contributed by atoms with Gasteiger partial charge in [-0.1, -0.05) is 69.3 Å². The van der Waals surface area contributed by atoms with Crippen LogP contribution in [0, 0.1) is 0 Å². The van der Waals surface area contributed by atoms with Crippen LogP contribution in [-0.2, 0) is 14.0 Å². The molecule has 0 bridgehead atoms. The number of hydrogen-bond acceptors (Lipinski definition) is 4. The molecule has 1 rings (SSSR count). The standard InChI is InChI=1S/C22H34O4Si/c1-22(2,3)27(5,6)26-20(16-15-18-11-8-7-9-12-18)17-19(23)13-10-14-21(24)25-4/h7-12,14-16,19-20,23H,13,17H2,1-6H3/b14-10+,16-15+/t19-,20-/m1/s1. The van der Waals surface area contributed by atoms with Crippen molar-refractivity contribution in [2.75, 3.05) is 7.11 Å². The number of aliphatic hydroxyl groups is 1. The number of aliphatic hydroxyl groups excluding tert-OH is 1. The molecule has 0 aliphatic rings. The SMILES string of the molecule is COC(=O)/C=C/C[C@@H](O)C[C@@H](/C=C/c1ccccc1)O[Si](C)(C)C(C)(C)C. The number of ether oxygens (including phenoxy) is 1. The number of rotatable bonds is 9. The Morgan fingerprint density at radius 1 is 1.22 bits per heavy atom. The fraction of sp³-hybridized carbons (Fsp3) is 0.500. The fourth-order valence-electron chi connectivity index (χ4n) is 2.26. The van der Waals surface area contributed by atoms with Crippen LogP contribution in [0.4, 0.5) is 0 Å². The number of carbonyl (C=O) groups is 1. The van der Waals surface area contributed by atoms with Gasteiger partial charge in [0.05, 0.1) is 19.3 Å². The van der Waals surface area contributed by atoms with E-state index < -0.39 is 20.4 Å². The van der Waals surface area contributed by atoms with Gasteiger partial charge in [-0.25, -0.2) is 4.79 Å². The van der Waals surface area contributed by atoms with Crippen molar-refractivity contribution in [2.24, 2.45) is 0 Å². The van der Waals surface area contributed by atoms with E-state index in [0.717, 1.165) is 5.56 Å². The van der Waals surface area contributed by atoms with Crippen molar-refractivity contribution in [3.63, 3.8) is 0 Å². The molecule has 1 N–H and O–H groups in total. The van der Waals surface area contributed by atoms with Gasteiger partial charge in [-0.15, -0.1) is 0 Å². The molecule has 0 aromatic heterocycles. The van der Waals surface area contributed by atoms with Gasteiger partial charge in [-0.2, -0.15) is 0 Å². The van der Waals surface area contributed by atoms with Crippen molar-refractivity contribution in [2.45, 2.75) is 64.0 Å². The summed E-state index contributed by atoms with van der Waals surface area (Å²) in [5.41, 5.74) is 1.10. The first kappa shape index (κ1) is 23.3. The second-order valence-corrected chi connectivity index (χ2v) is 13.0. The van der Waals surface area contributed by atoms with Crippen LogP contribution >= 0.6 is 0 Å². The van der Waals surface area contributed by atoms with Crippen LogP contribution in [0.25, 0.3) is 6.08 Å². The summed E-state index contributed by atoms with van der Waals surface area (Å²) in [4.78, 5) is 11.2. The predicted octanol–water partition coefficient (Wildman–Crippen LogP) is 4.96. The van der Waals surface area contributed by atoms with Crippen molar-refractivity contribution in [1.82, 2.24) is 0 Å². The third kappa shape index (κ3) is 8.69. The average Bonchev–Trinajstić information content (AvgIpc) is 2.59. The number of hydrogen-bond donors (Lipinski definition) is 1. The molecule has 0 radical (unpaired) electrons. The van der Waals surface area contributed by atoms with Crippen LogP contribution in [0.3, 0.4) is 0 Å². The Balaban J connectivity index is 2.85. The minimum absolute atomic E-state index is 0.0849. The third-order valence-electron chi connectivity index (χ3n) is 4.92. The maximum absolute atomic E-state index is 11.2. The molecule has 0 saturated heterocycles. The Morgan fingerprint density at radius 3 is 2.41 bits per heavy atom. The van der Waals surface area contributed by atoms with E-state index in [0.29, 0.717) is 12.8 Å². The van der Waals surface area contributed by atoms with Gasteiger partial charge in [-0.3, -0.25) is 0 Å². The molecule has 27 heavy (non-hydrogen) atoms. The summed E-state index contributed by atoms with van der Waals surface area (Å²) in [6, 6.07) is 10.1. The highest BCUT2D eigenvalue weighted by Crippen LogP contribution is 2.38. The molecule has 0 aliphatic heterocycles. The second kappa shape index (κ2) is 10.6. The largest absolute Gasteiger partial charge is 0.466 e. The topological polar surface area (TPSA) is 55.8 Å². The van der Waals surface area contributed by atoms with Crippen molar-refractivity contribution >= 4 is 20.4 Å². The van der Waals surface area contributed by atoms with Crippen LogP contribution in [-0.4, -0.2) is 38.7 Å². The monoisotopic (exact) mass is 390 g/mol. The first-order valence-corrected chi connectivity index (χ1v) is 12.3. The zero-order chi connectivity index (χ0) is 20.5. The third-order valence-corrected chi connectivity index (χ3v) is 9.43. The molecule has 150 valence electrons. The van der Waals surface area contributed by atoms with Gasteiger partial charge in [0.1, 0.15) is 0 Å². The quantitative estimate of drug-likeness (QED) is 0.368. The van der Waals surface area contributed by atoms with Crippen LogP contribution in [0.1, 0.15) is 39.2 Å². The molecule has 0 spiro atoms. The molecule has 0 fully saturated rings. The van der Waals surface area contributed by atoms with Gasteiger partial charge in [0.2, 0.25) is 0 Å². The molecule has 0 aliphatic carbocycles. The molecule has 0 unspecified atom stereocenters. The fourth-order valence-corrected chi connectivity index (χ4v) is 3.54. The van der Waals surface area contributed by atoms with Gasteiger partial charge >= 0.3 is 5.97 Å². The molecule has 0 amide bonds. The van der Waals surface area contributed by atoms with Crippen molar-refractivity contribution in [3.05, 3.63) is 54.1 Å². The lowest BCUT2D eigenvalue weighted by atomic mass is 10.1. The summed E-state index contributed by atoms with van der Waals surface area (Å²) >= 11 is 0. The van der Waals surface area contributed by atoms with Crippen molar-refractivity contribution in [3.8, 4) is 0 Å². The van der Waals surface area contributed by atoms with Gasteiger partial charge in [0, 0.05) is 12.5 Å². The zero-order valence-corrected chi connectivity index (χ0v) is 18.4. The minimum atomic E-state index is -1.98. The molecular weight excluding hydrogens is 356 g/mol.